The van der Waals surface area contributed by atoms with Gasteiger partial charge in [0.2, 0.25) is 0 Å². The van der Waals surface area contributed by atoms with Crippen LogP contribution in [0.4, 0.5) is 8.78 Å². The smallest absolute Gasteiger partial charge is 0.178 e. The van der Waals surface area contributed by atoms with Gasteiger partial charge in [-0.1, -0.05) is 49.6 Å². The fraction of sp³-hybridized carbons (Fsp3) is 0.268. The van der Waals surface area contributed by atoms with E-state index in [2.05, 4.69) is 12.2 Å². The van der Waals surface area contributed by atoms with Gasteiger partial charge in [-0.25, -0.2) is 8.78 Å². The van der Waals surface area contributed by atoms with Crippen LogP contribution >= 0.6 is 0 Å². The highest BCUT2D eigenvalue weighted by molar-refractivity contribution is 6.09. The van der Waals surface area contributed by atoms with E-state index in [1.54, 1.807) is 28.4 Å². The number of hydrogen-bond acceptors (Lipinski definition) is 5. The quantitative estimate of drug-likeness (QED) is 0.184. The standard InChI is InChI=1S/C41H36F2O5/c1-44-27-12-8-24(9-13-27)41(25-10-14-28(45-2)15-11-25)19-16-29-38-36(30-22-34(46-3)35(47-4)23-31(30)39(29)48-41)32-20-26(42)21-33(43)37(32)40(38)17-6-5-7-18-40/h8-16,19-23H,5-7,17-18H2,1-4H3. The molecule has 0 aromatic heterocycles. The van der Waals surface area contributed by atoms with Gasteiger partial charge < -0.3 is 23.7 Å². The normalized spacial score (nSPS) is 16.5. The van der Waals surface area contributed by atoms with Crippen LogP contribution in [0, 0.1) is 11.6 Å². The third-order valence-corrected chi connectivity index (χ3v) is 10.6. The summed E-state index contributed by atoms with van der Waals surface area (Å²) in [5.41, 5.74) is 4.00. The lowest BCUT2D eigenvalue weighted by Crippen LogP contribution is -2.36. The fourth-order valence-electron chi connectivity index (χ4n) is 8.43. The number of methoxy groups -OCH3 is 4. The second-order valence-electron chi connectivity index (χ2n) is 12.8. The first-order valence-electron chi connectivity index (χ1n) is 16.3. The van der Waals surface area contributed by atoms with Crippen molar-refractivity contribution in [1.82, 2.24) is 0 Å². The number of halogens is 2. The molecule has 5 aromatic rings. The molecule has 3 aliphatic rings. The predicted molar refractivity (Wildman–Crippen MR) is 183 cm³/mol. The molecule has 0 saturated heterocycles. The number of hydrogen-bond donors (Lipinski definition) is 0. The maximum Gasteiger partial charge on any atom is 0.178 e. The molecule has 1 saturated carbocycles. The Kier molecular flexibility index (Phi) is 7.13. The summed E-state index contributed by atoms with van der Waals surface area (Å²) in [6.45, 7) is 0. The van der Waals surface area contributed by atoms with Crippen molar-refractivity contribution in [3.05, 3.63) is 118 Å². The van der Waals surface area contributed by atoms with Crippen LogP contribution in [0.1, 0.15) is 59.9 Å². The van der Waals surface area contributed by atoms with Crippen LogP contribution in [0.15, 0.2) is 78.9 Å². The molecule has 0 bridgehead atoms. The first-order valence-corrected chi connectivity index (χ1v) is 16.3. The second-order valence-corrected chi connectivity index (χ2v) is 12.8. The average Bonchev–Trinajstić information content (AvgIpc) is 3.40. The molecular weight excluding hydrogens is 610 g/mol. The number of benzene rings is 5. The molecule has 1 heterocycles. The SMILES string of the molecule is COc1ccc(C2(c3ccc(OC)cc3)C=Cc3c4c(c5cc(OC)c(OC)cc5c3O2)-c2cc(F)cc(F)c2C42CCCCC2)cc1. The molecule has 0 radical (unpaired) electrons. The van der Waals surface area contributed by atoms with Crippen molar-refractivity contribution in [3.8, 4) is 39.9 Å². The summed E-state index contributed by atoms with van der Waals surface area (Å²) in [4.78, 5) is 0. The zero-order valence-electron chi connectivity index (χ0n) is 27.4. The molecule has 48 heavy (non-hydrogen) atoms. The minimum absolute atomic E-state index is 0.503. The van der Waals surface area contributed by atoms with Crippen LogP contribution in [0.25, 0.3) is 28.0 Å². The van der Waals surface area contributed by atoms with Crippen molar-refractivity contribution >= 4 is 16.8 Å². The van der Waals surface area contributed by atoms with Crippen LogP contribution in [-0.2, 0) is 11.0 Å². The van der Waals surface area contributed by atoms with Gasteiger partial charge in [0.05, 0.1) is 28.4 Å². The third-order valence-electron chi connectivity index (χ3n) is 10.6. The summed E-state index contributed by atoms with van der Waals surface area (Å²) >= 11 is 0. The summed E-state index contributed by atoms with van der Waals surface area (Å²) in [5, 5.41) is 1.56. The van der Waals surface area contributed by atoms with Gasteiger partial charge in [0.25, 0.3) is 0 Å². The van der Waals surface area contributed by atoms with Gasteiger partial charge in [0.1, 0.15) is 28.9 Å². The molecule has 2 aliphatic carbocycles. The Labute approximate surface area is 278 Å². The number of fused-ring (bicyclic) bond motifs is 10. The Bertz CT molecular complexity index is 2050. The highest BCUT2D eigenvalue weighted by Crippen LogP contribution is 2.63. The minimum Gasteiger partial charge on any atom is -0.497 e. The third kappa shape index (κ3) is 4.26. The van der Waals surface area contributed by atoms with E-state index >= 15 is 8.78 Å². The number of ether oxygens (including phenoxy) is 5. The Morgan fingerprint density at radius 1 is 0.646 bits per heavy atom. The predicted octanol–water partition coefficient (Wildman–Crippen LogP) is 9.73. The van der Waals surface area contributed by atoms with Gasteiger partial charge in [-0.15, -0.1) is 0 Å². The summed E-state index contributed by atoms with van der Waals surface area (Å²) in [7, 11) is 6.48. The molecule has 1 aliphatic heterocycles. The molecule has 8 rings (SSSR count). The maximum absolute atomic E-state index is 16.2. The summed E-state index contributed by atoms with van der Waals surface area (Å²) in [6.07, 6.45) is 8.69. The molecule has 1 spiro atoms. The lowest BCUT2D eigenvalue weighted by molar-refractivity contribution is 0.163. The van der Waals surface area contributed by atoms with E-state index in [0.29, 0.717) is 28.4 Å². The van der Waals surface area contributed by atoms with E-state index in [9.17, 15) is 0 Å². The van der Waals surface area contributed by atoms with Crippen LogP contribution < -0.4 is 23.7 Å². The van der Waals surface area contributed by atoms with Gasteiger partial charge in [0, 0.05) is 39.1 Å². The van der Waals surface area contributed by atoms with Gasteiger partial charge in [-0.2, -0.15) is 0 Å². The molecule has 5 aromatic carbocycles. The topological polar surface area (TPSA) is 46.2 Å². The van der Waals surface area contributed by atoms with Crippen molar-refractivity contribution in [2.75, 3.05) is 28.4 Å². The second kappa shape index (κ2) is 11.3. The highest BCUT2D eigenvalue weighted by Gasteiger charge is 2.50. The Hall–Kier alpha value is -5.04. The largest absolute Gasteiger partial charge is 0.497 e. The van der Waals surface area contributed by atoms with Crippen LogP contribution in [0.3, 0.4) is 0 Å². The molecule has 0 N–H and O–H groups in total. The first-order chi connectivity index (χ1) is 23.4. The van der Waals surface area contributed by atoms with Gasteiger partial charge in [-0.3, -0.25) is 0 Å². The lowest BCUT2D eigenvalue weighted by atomic mass is 9.66. The van der Waals surface area contributed by atoms with E-state index in [4.69, 9.17) is 23.7 Å². The summed E-state index contributed by atoms with van der Waals surface area (Å²) in [5.74, 6) is 2.07. The molecule has 0 amide bonds. The summed E-state index contributed by atoms with van der Waals surface area (Å²) in [6, 6.07) is 22.1. The lowest BCUT2D eigenvalue weighted by Gasteiger charge is -2.41. The van der Waals surface area contributed by atoms with E-state index in [1.165, 1.54) is 6.07 Å². The van der Waals surface area contributed by atoms with Gasteiger partial charge >= 0.3 is 0 Å². The molecule has 7 heteroatoms. The van der Waals surface area contributed by atoms with Crippen LogP contribution in [-0.4, -0.2) is 28.4 Å². The van der Waals surface area contributed by atoms with Crippen molar-refractivity contribution in [3.63, 3.8) is 0 Å². The highest BCUT2D eigenvalue weighted by atomic mass is 19.1. The Balaban J connectivity index is 1.49. The molecule has 0 unspecified atom stereocenters. The van der Waals surface area contributed by atoms with Crippen molar-refractivity contribution < 1.29 is 32.5 Å². The molecular formula is C41H36F2O5. The van der Waals surface area contributed by atoms with Crippen molar-refractivity contribution in [1.29, 1.82) is 0 Å². The fourth-order valence-corrected chi connectivity index (χ4v) is 8.43. The summed E-state index contributed by atoms with van der Waals surface area (Å²) < 4.78 is 61.3. The van der Waals surface area contributed by atoms with Gasteiger partial charge in [-0.05, 0) is 83.5 Å². The number of rotatable bonds is 6. The monoisotopic (exact) mass is 646 g/mol. The van der Waals surface area contributed by atoms with E-state index in [-0.39, 0.29) is 0 Å². The minimum atomic E-state index is -1.04. The zero-order valence-corrected chi connectivity index (χ0v) is 27.4. The first kappa shape index (κ1) is 30.3. The molecule has 0 atom stereocenters. The zero-order chi connectivity index (χ0) is 33.2. The van der Waals surface area contributed by atoms with Crippen LogP contribution in [0.2, 0.25) is 0 Å². The van der Waals surface area contributed by atoms with Crippen molar-refractivity contribution in [2.24, 2.45) is 0 Å². The Morgan fingerprint density at radius 3 is 1.79 bits per heavy atom. The molecule has 5 nitrogen and oxygen atoms in total. The van der Waals surface area contributed by atoms with Crippen molar-refractivity contribution in [2.45, 2.75) is 43.1 Å². The Morgan fingerprint density at radius 2 is 1.23 bits per heavy atom. The maximum atomic E-state index is 16.2. The molecule has 244 valence electrons. The van der Waals surface area contributed by atoms with E-state index in [0.717, 1.165) is 88.3 Å². The average molecular weight is 647 g/mol. The van der Waals surface area contributed by atoms with Crippen LogP contribution in [0.5, 0.6) is 28.7 Å². The molecule has 1 fully saturated rings. The van der Waals surface area contributed by atoms with E-state index < -0.39 is 22.7 Å². The van der Waals surface area contributed by atoms with Gasteiger partial charge in [0.15, 0.2) is 17.1 Å². The van der Waals surface area contributed by atoms with E-state index in [1.807, 2.05) is 60.7 Å².